The lowest BCUT2D eigenvalue weighted by Gasteiger charge is -2.15. The van der Waals surface area contributed by atoms with Gasteiger partial charge >= 0.3 is 0 Å². The van der Waals surface area contributed by atoms with Crippen LogP contribution in [0.1, 0.15) is 19.2 Å². The van der Waals surface area contributed by atoms with E-state index in [0.717, 1.165) is 16.9 Å². The number of aromatic amines is 1. The van der Waals surface area contributed by atoms with Crippen LogP contribution in [0.3, 0.4) is 0 Å². The van der Waals surface area contributed by atoms with Gasteiger partial charge in [0.2, 0.25) is 5.91 Å². The van der Waals surface area contributed by atoms with E-state index < -0.39 is 0 Å². The summed E-state index contributed by atoms with van der Waals surface area (Å²) in [6, 6.07) is 15.4. The Bertz CT molecular complexity index is 842. The Morgan fingerprint density at radius 1 is 1.19 bits per heavy atom. The number of imidazole rings is 1. The highest BCUT2D eigenvalue weighted by atomic mass is 16.5. The first-order valence-electron chi connectivity index (χ1n) is 8.79. The number of carbonyl (C=O) groups is 1. The third-order valence-corrected chi connectivity index (χ3v) is 4.04. The smallest absolute Gasteiger partial charge is 0.225 e. The summed E-state index contributed by atoms with van der Waals surface area (Å²) < 4.78 is 5.53. The number of para-hydroxylation sites is 4. The molecule has 0 atom stereocenters. The fourth-order valence-electron chi connectivity index (χ4n) is 2.77. The molecule has 0 bridgehead atoms. The molecule has 0 radical (unpaired) electrons. The van der Waals surface area contributed by atoms with E-state index in [4.69, 9.17) is 4.74 Å². The largest absolute Gasteiger partial charge is 0.492 e. The van der Waals surface area contributed by atoms with Crippen LogP contribution in [0.4, 0.5) is 5.69 Å². The van der Waals surface area contributed by atoms with Crippen molar-refractivity contribution >= 4 is 22.6 Å². The highest BCUT2D eigenvalue weighted by molar-refractivity contribution is 5.92. The molecular weight excluding hydrogens is 328 g/mol. The number of benzene rings is 2. The van der Waals surface area contributed by atoms with Crippen molar-refractivity contribution in [2.24, 2.45) is 0 Å². The number of hydrogen-bond acceptors (Lipinski definition) is 4. The SMILES string of the molecule is CCOc1ccccc1NC(=O)CCN(C)Cc1nc2ccccc2[nH]1. The van der Waals surface area contributed by atoms with Crippen molar-refractivity contribution in [3.05, 3.63) is 54.4 Å². The molecule has 26 heavy (non-hydrogen) atoms. The number of amides is 1. The van der Waals surface area contributed by atoms with Crippen molar-refractivity contribution in [1.29, 1.82) is 0 Å². The maximum atomic E-state index is 12.2. The van der Waals surface area contributed by atoms with Gasteiger partial charge in [-0.1, -0.05) is 24.3 Å². The molecule has 1 aromatic heterocycles. The van der Waals surface area contributed by atoms with E-state index in [2.05, 4.69) is 20.2 Å². The number of nitrogens with one attached hydrogen (secondary N) is 2. The summed E-state index contributed by atoms with van der Waals surface area (Å²) in [7, 11) is 1.98. The minimum Gasteiger partial charge on any atom is -0.492 e. The summed E-state index contributed by atoms with van der Waals surface area (Å²) in [5.74, 6) is 1.56. The maximum Gasteiger partial charge on any atom is 0.225 e. The van der Waals surface area contributed by atoms with E-state index in [1.165, 1.54) is 0 Å². The molecule has 3 rings (SSSR count). The lowest BCUT2D eigenvalue weighted by Crippen LogP contribution is -2.24. The molecule has 6 heteroatoms. The Hall–Kier alpha value is -2.86. The van der Waals surface area contributed by atoms with Crippen LogP contribution in [-0.2, 0) is 11.3 Å². The molecular formula is C20H24N4O2. The Labute approximate surface area is 153 Å². The summed E-state index contributed by atoms with van der Waals surface area (Å²) in [4.78, 5) is 22.2. The summed E-state index contributed by atoms with van der Waals surface area (Å²) in [6.45, 7) is 3.79. The van der Waals surface area contributed by atoms with Crippen molar-refractivity contribution in [2.75, 3.05) is 25.5 Å². The average molecular weight is 352 g/mol. The number of hydrogen-bond donors (Lipinski definition) is 2. The van der Waals surface area contributed by atoms with Crippen LogP contribution >= 0.6 is 0 Å². The predicted molar refractivity (Wildman–Crippen MR) is 103 cm³/mol. The quantitative estimate of drug-likeness (QED) is 0.652. The third-order valence-electron chi connectivity index (χ3n) is 4.04. The van der Waals surface area contributed by atoms with Gasteiger partial charge < -0.3 is 15.0 Å². The van der Waals surface area contributed by atoms with E-state index in [1.54, 1.807) is 0 Å². The normalized spacial score (nSPS) is 11.0. The Morgan fingerprint density at radius 2 is 1.96 bits per heavy atom. The van der Waals surface area contributed by atoms with Crippen LogP contribution in [0.5, 0.6) is 5.75 Å². The summed E-state index contributed by atoms with van der Waals surface area (Å²) >= 11 is 0. The lowest BCUT2D eigenvalue weighted by molar-refractivity contribution is -0.116. The highest BCUT2D eigenvalue weighted by Crippen LogP contribution is 2.23. The molecule has 2 aromatic carbocycles. The van der Waals surface area contributed by atoms with Crippen LogP contribution in [0.2, 0.25) is 0 Å². The summed E-state index contributed by atoms with van der Waals surface area (Å²) in [6.07, 6.45) is 0.400. The molecule has 0 unspecified atom stereocenters. The van der Waals surface area contributed by atoms with Gasteiger partial charge in [0.1, 0.15) is 11.6 Å². The Balaban J connectivity index is 1.51. The van der Waals surface area contributed by atoms with Crippen LogP contribution in [0.15, 0.2) is 48.5 Å². The molecule has 0 aliphatic heterocycles. The standard InChI is InChI=1S/C20H24N4O2/c1-3-26-18-11-7-6-10-17(18)23-20(25)12-13-24(2)14-19-21-15-8-4-5-9-16(15)22-19/h4-11H,3,12-14H2,1-2H3,(H,21,22)(H,23,25). The number of aromatic nitrogens is 2. The number of fused-ring (bicyclic) bond motifs is 1. The van der Waals surface area contributed by atoms with Gasteiger partial charge in [-0.3, -0.25) is 9.69 Å². The predicted octanol–water partition coefficient (Wildman–Crippen LogP) is 3.42. The van der Waals surface area contributed by atoms with E-state index >= 15 is 0 Å². The minimum atomic E-state index is -0.0337. The van der Waals surface area contributed by atoms with Crippen LogP contribution in [0.25, 0.3) is 11.0 Å². The molecule has 0 saturated carbocycles. The molecule has 136 valence electrons. The van der Waals surface area contributed by atoms with Gasteiger partial charge in [0.15, 0.2) is 0 Å². The number of anilines is 1. The average Bonchev–Trinajstić information content (AvgIpc) is 3.04. The van der Waals surface area contributed by atoms with E-state index in [0.29, 0.717) is 37.6 Å². The second-order valence-electron chi connectivity index (χ2n) is 6.17. The zero-order valence-corrected chi connectivity index (χ0v) is 15.2. The zero-order chi connectivity index (χ0) is 18.4. The molecule has 1 heterocycles. The third kappa shape index (κ3) is 4.61. The van der Waals surface area contributed by atoms with Gasteiger partial charge in [-0.05, 0) is 38.2 Å². The number of carbonyl (C=O) groups excluding carboxylic acids is 1. The summed E-state index contributed by atoms with van der Waals surface area (Å²) in [5, 5.41) is 2.92. The fraction of sp³-hybridized carbons (Fsp3) is 0.300. The number of rotatable bonds is 8. The minimum absolute atomic E-state index is 0.0337. The molecule has 3 aromatic rings. The second kappa shape index (κ2) is 8.49. The molecule has 0 saturated heterocycles. The van der Waals surface area contributed by atoms with Crippen molar-refractivity contribution in [3.63, 3.8) is 0 Å². The van der Waals surface area contributed by atoms with E-state index in [1.807, 2.05) is 62.5 Å². The van der Waals surface area contributed by atoms with Gasteiger partial charge in [0, 0.05) is 13.0 Å². The number of nitrogens with zero attached hydrogens (tertiary/aromatic N) is 2. The molecule has 6 nitrogen and oxygen atoms in total. The molecule has 1 amide bonds. The first-order valence-corrected chi connectivity index (χ1v) is 8.79. The van der Waals surface area contributed by atoms with Gasteiger partial charge in [-0.2, -0.15) is 0 Å². The Kier molecular flexibility index (Phi) is 5.86. The van der Waals surface area contributed by atoms with Gasteiger partial charge in [0.25, 0.3) is 0 Å². The molecule has 0 aliphatic rings. The zero-order valence-electron chi connectivity index (χ0n) is 15.2. The van der Waals surface area contributed by atoms with Crippen LogP contribution < -0.4 is 10.1 Å². The van der Waals surface area contributed by atoms with Crippen molar-refractivity contribution in [3.8, 4) is 5.75 Å². The van der Waals surface area contributed by atoms with Gasteiger partial charge in [-0.25, -0.2) is 4.98 Å². The lowest BCUT2D eigenvalue weighted by atomic mass is 10.2. The second-order valence-corrected chi connectivity index (χ2v) is 6.17. The topological polar surface area (TPSA) is 70.2 Å². The van der Waals surface area contributed by atoms with Crippen molar-refractivity contribution in [2.45, 2.75) is 19.9 Å². The van der Waals surface area contributed by atoms with Gasteiger partial charge in [-0.15, -0.1) is 0 Å². The number of ether oxygens (including phenoxy) is 1. The molecule has 0 fully saturated rings. The maximum absolute atomic E-state index is 12.2. The fourth-order valence-corrected chi connectivity index (χ4v) is 2.77. The number of H-pyrrole nitrogens is 1. The molecule has 0 spiro atoms. The monoisotopic (exact) mass is 352 g/mol. The van der Waals surface area contributed by atoms with Crippen LogP contribution in [0, 0.1) is 0 Å². The van der Waals surface area contributed by atoms with Crippen LogP contribution in [-0.4, -0.2) is 41.0 Å². The highest BCUT2D eigenvalue weighted by Gasteiger charge is 2.10. The first kappa shape index (κ1) is 17.9. The van der Waals surface area contributed by atoms with Crippen molar-refractivity contribution in [1.82, 2.24) is 14.9 Å². The first-order chi connectivity index (χ1) is 12.7. The van der Waals surface area contributed by atoms with Crippen molar-refractivity contribution < 1.29 is 9.53 Å². The summed E-state index contributed by atoms with van der Waals surface area (Å²) in [5.41, 5.74) is 2.70. The molecule has 0 aliphatic carbocycles. The molecule has 2 N–H and O–H groups in total. The van der Waals surface area contributed by atoms with E-state index in [-0.39, 0.29) is 5.91 Å². The van der Waals surface area contributed by atoms with E-state index in [9.17, 15) is 4.79 Å². The van der Waals surface area contributed by atoms with Gasteiger partial charge in [0.05, 0.1) is 29.9 Å². The Morgan fingerprint density at radius 3 is 2.77 bits per heavy atom.